The van der Waals surface area contributed by atoms with Crippen LogP contribution in [0.15, 0.2) is 85.7 Å². The van der Waals surface area contributed by atoms with E-state index in [1.165, 1.54) is 31.0 Å². The van der Waals surface area contributed by atoms with Gasteiger partial charge in [-0.05, 0) is 159 Å². The van der Waals surface area contributed by atoms with Gasteiger partial charge in [0.05, 0.1) is 58.6 Å². The number of pyridine rings is 2. The number of halogens is 3. The fourth-order valence-electron chi connectivity index (χ4n) is 7.13. The average Bonchev–Trinajstić information content (AvgIpc) is 4.02. The van der Waals surface area contributed by atoms with E-state index in [2.05, 4.69) is 56.3 Å². The number of hydrogen-bond acceptors (Lipinski definition) is 13. The Morgan fingerprint density at radius 2 is 1.16 bits per heavy atom. The zero-order valence-corrected chi connectivity index (χ0v) is 38.3. The minimum atomic E-state index is -0.790. The molecule has 10 rings (SSSR count). The third kappa shape index (κ3) is 11.7. The molecule has 2 fully saturated rings. The molecule has 3 N–H and O–H groups in total. The number of imidazole rings is 2. The van der Waals surface area contributed by atoms with Gasteiger partial charge in [0.1, 0.15) is 34.7 Å². The van der Waals surface area contributed by atoms with Gasteiger partial charge in [-0.25, -0.2) is 38.1 Å². The summed E-state index contributed by atoms with van der Waals surface area (Å²) in [5.74, 6) is 1.13. The van der Waals surface area contributed by atoms with Crippen LogP contribution in [-0.2, 0) is 0 Å². The van der Waals surface area contributed by atoms with Gasteiger partial charge in [0.25, 0.3) is 11.1 Å². The predicted octanol–water partition coefficient (Wildman–Crippen LogP) is 9.83. The van der Waals surface area contributed by atoms with Gasteiger partial charge in [-0.15, -0.1) is 10.2 Å². The van der Waals surface area contributed by atoms with E-state index in [4.69, 9.17) is 17.3 Å². The van der Waals surface area contributed by atoms with E-state index in [0.717, 1.165) is 35.5 Å². The van der Waals surface area contributed by atoms with Crippen molar-refractivity contribution in [2.24, 2.45) is 0 Å². The van der Waals surface area contributed by atoms with Crippen LogP contribution in [0, 0.1) is 25.5 Å². The van der Waals surface area contributed by atoms with Crippen LogP contribution < -0.4 is 11.1 Å². The second-order valence-corrected chi connectivity index (χ2v) is 17.2. The number of carbonyl (C=O) groups excluding carboxylic acids is 2. The Morgan fingerprint density at radius 1 is 0.696 bits per heavy atom. The first kappa shape index (κ1) is 50.8. The topological polar surface area (TPSA) is 221 Å². The lowest BCUT2D eigenvalue weighted by Gasteiger charge is -2.12. The van der Waals surface area contributed by atoms with Crippen LogP contribution >= 0.6 is 11.6 Å². The maximum atomic E-state index is 14.8. The third-order valence-corrected chi connectivity index (χ3v) is 11.2. The number of carbonyl (C=O) groups is 2. The van der Waals surface area contributed by atoms with Crippen molar-refractivity contribution in [2.75, 3.05) is 11.1 Å². The number of aromatic nitrogens is 14. The van der Waals surface area contributed by atoms with Gasteiger partial charge < -0.3 is 20.2 Å². The van der Waals surface area contributed by atoms with Crippen LogP contribution in [-0.4, -0.2) is 80.6 Å². The second-order valence-electron chi connectivity index (χ2n) is 16.9. The van der Waals surface area contributed by atoms with Gasteiger partial charge in [0.15, 0.2) is 0 Å². The molecule has 18 nitrogen and oxygen atoms in total. The van der Waals surface area contributed by atoms with E-state index in [9.17, 15) is 18.4 Å². The molecule has 6 aromatic heterocycles. The number of tetrazole rings is 2. The lowest BCUT2D eigenvalue weighted by molar-refractivity contribution is 0.102. The van der Waals surface area contributed by atoms with E-state index >= 15 is 0 Å². The van der Waals surface area contributed by atoms with E-state index in [-0.39, 0.29) is 43.9 Å². The number of rotatable bonds is 11. The molecule has 6 heterocycles. The molecule has 0 saturated heterocycles. The molecule has 1 amide bonds. The fourth-order valence-corrected chi connectivity index (χ4v) is 7.28. The van der Waals surface area contributed by atoms with Crippen molar-refractivity contribution < 1.29 is 18.4 Å². The van der Waals surface area contributed by atoms with Crippen molar-refractivity contribution in [1.29, 1.82) is 0 Å². The number of benzene rings is 2. The Labute approximate surface area is 403 Å². The number of nitrogens with one attached hydrogen (secondary N) is 1. The number of hydrogen-bond donors (Lipinski definition) is 2. The Balaban J connectivity index is 0.000000184. The number of anilines is 2. The molecule has 2 aromatic carbocycles. The molecule has 8 aromatic rings. The monoisotopic (exact) mass is 960 g/mol. The summed E-state index contributed by atoms with van der Waals surface area (Å²) in [7, 11) is 0. The normalized spacial score (nSPS) is 12.9. The summed E-state index contributed by atoms with van der Waals surface area (Å²) < 4.78 is 35.4. The molecule has 2 aliphatic carbocycles. The molecule has 2 saturated carbocycles. The Kier molecular flexibility index (Phi) is 15.9. The summed E-state index contributed by atoms with van der Waals surface area (Å²) in [6.07, 6.45) is 11.9. The summed E-state index contributed by atoms with van der Waals surface area (Å²) in [5.41, 5.74) is 11.6. The van der Waals surface area contributed by atoms with Gasteiger partial charge in [0, 0.05) is 24.2 Å². The van der Waals surface area contributed by atoms with Crippen molar-refractivity contribution in [1.82, 2.24) is 69.5 Å². The van der Waals surface area contributed by atoms with Crippen molar-refractivity contribution in [2.45, 2.75) is 106 Å². The molecule has 360 valence electrons. The maximum Gasteiger partial charge on any atom is 0.259 e. The van der Waals surface area contributed by atoms with Gasteiger partial charge in [0.2, 0.25) is 11.6 Å². The van der Waals surface area contributed by atoms with Gasteiger partial charge in [-0.2, -0.15) is 0 Å². The number of aryl methyl sites for hydroxylation is 2. The first-order chi connectivity index (χ1) is 32.1. The van der Waals surface area contributed by atoms with Crippen LogP contribution in [0.3, 0.4) is 0 Å². The standard InChI is InChI=1S/C23H23FN8O.C14H12ClFN2O.C9H12N6.2CH4/c1-13(2)32-22(28-29-30-32)18-5-4-6-21(26-18)27-23(33)16-10-20(14(3)9-17(16)24)31-11-19(25-12-31)15-7-8-15;1-8-4-11(16)10(14(15)19)5-13(8)18-6-12(17-7-18)9-2-3-9;1-6(2)15-9(12-13-14-15)7-4-3-5-8(10)11-7;;/h4-6,9-13,15H,7-8H2,1-3H3,(H,26,27,33);4-7,9H,2-3H2,1H3;3-6H,1-2H3,(H2,10,11);2*1H4. The summed E-state index contributed by atoms with van der Waals surface area (Å²) in [6, 6.07) is 16.4. The summed E-state index contributed by atoms with van der Waals surface area (Å²) in [4.78, 5) is 41.6. The highest BCUT2D eigenvalue weighted by atomic mass is 35.5. The quantitative estimate of drug-likeness (QED) is 0.115. The minimum absolute atomic E-state index is 0. The van der Waals surface area contributed by atoms with Crippen LogP contribution in [0.1, 0.15) is 135 Å². The van der Waals surface area contributed by atoms with E-state index in [1.807, 2.05) is 61.4 Å². The molecular weight excluding hydrogens is 906 g/mol. The van der Waals surface area contributed by atoms with Gasteiger partial charge in [-0.1, -0.05) is 27.0 Å². The molecule has 0 atom stereocenters. The highest BCUT2D eigenvalue weighted by Gasteiger charge is 2.27. The van der Waals surface area contributed by atoms with E-state index < -0.39 is 22.8 Å². The molecule has 21 heteroatoms. The number of nitrogens with zero attached hydrogens (tertiary/aromatic N) is 14. The smallest absolute Gasteiger partial charge is 0.259 e. The molecule has 0 aliphatic heterocycles. The maximum absolute atomic E-state index is 14.8. The summed E-state index contributed by atoms with van der Waals surface area (Å²) in [5, 5.41) is 25.1. The van der Waals surface area contributed by atoms with Crippen molar-refractivity contribution in [3.63, 3.8) is 0 Å². The van der Waals surface area contributed by atoms with Crippen LogP contribution in [0.5, 0.6) is 0 Å². The first-order valence-electron chi connectivity index (χ1n) is 21.6. The number of amides is 1. The zero-order valence-electron chi connectivity index (χ0n) is 37.5. The molecule has 2 aliphatic rings. The second kappa shape index (κ2) is 21.6. The highest BCUT2D eigenvalue weighted by Crippen LogP contribution is 2.40. The number of nitrogens with two attached hydrogens (primary N) is 1. The lowest BCUT2D eigenvalue weighted by atomic mass is 10.1. The van der Waals surface area contributed by atoms with Crippen molar-refractivity contribution in [3.8, 4) is 34.4 Å². The van der Waals surface area contributed by atoms with Crippen LogP contribution in [0.2, 0.25) is 0 Å². The molecule has 69 heavy (non-hydrogen) atoms. The predicted molar refractivity (Wildman–Crippen MR) is 259 cm³/mol. The van der Waals surface area contributed by atoms with Gasteiger partial charge >= 0.3 is 0 Å². The molecule has 0 radical (unpaired) electrons. The largest absolute Gasteiger partial charge is 0.384 e. The Bertz CT molecular complexity index is 3080. The Hall–Kier alpha value is -7.61. The van der Waals surface area contributed by atoms with E-state index in [0.29, 0.717) is 51.9 Å². The summed E-state index contributed by atoms with van der Waals surface area (Å²) in [6.45, 7) is 11.5. The SMILES string of the molecule is C.C.CC(C)n1nnnc1-c1cccc(N)n1.Cc1cc(F)c(C(=O)Cl)cc1-n1cnc(C2CC2)c1.Cc1cc(F)c(C(=O)Nc2cccc(-c3nnnn3C(C)C)n2)cc1-n1cnc(C2CC2)c1. The van der Waals surface area contributed by atoms with Crippen LogP contribution in [0.25, 0.3) is 34.4 Å². The fraction of sp³-hybridized carbons (Fsp3) is 0.333. The summed E-state index contributed by atoms with van der Waals surface area (Å²) >= 11 is 5.38. The van der Waals surface area contributed by atoms with Crippen molar-refractivity contribution >= 4 is 34.4 Å². The highest BCUT2D eigenvalue weighted by molar-refractivity contribution is 6.67. The number of nitrogen functional groups attached to an aromatic ring is 1. The van der Waals surface area contributed by atoms with Gasteiger partial charge in [-0.3, -0.25) is 9.59 Å². The lowest BCUT2D eigenvalue weighted by Crippen LogP contribution is -2.16. The van der Waals surface area contributed by atoms with Crippen molar-refractivity contribution in [3.05, 3.63) is 131 Å². The zero-order chi connectivity index (χ0) is 47.5. The molecular formula is C48H55ClF2N16O2. The molecule has 0 bridgehead atoms. The molecule has 0 spiro atoms. The van der Waals surface area contributed by atoms with E-state index in [1.54, 1.807) is 66.2 Å². The van der Waals surface area contributed by atoms with Crippen LogP contribution in [0.4, 0.5) is 20.4 Å². The average molecular weight is 962 g/mol. The minimum Gasteiger partial charge on any atom is -0.384 e. The third-order valence-electron chi connectivity index (χ3n) is 11.0. The first-order valence-corrected chi connectivity index (χ1v) is 22.0. The molecule has 0 unspecified atom stereocenters. The Morgan fingerprint density at radius 3 is 1.62 bits per heavy atom.